The molecule has 1 atom stereocenters. The Kier molecular flexibility index (Phi) is 6.23. The Balaban J connectivity index is 1.50. The summed E-state index contributed by atoms with van der Waals surface area (Å²) in [5, 5.41) is 4.82. The van der Waals surface area contributed by atoms with Crippen molar-refractivity contribution in [3.8, 4) is 23.3 Å². The smallest absolute Gasteiger partial charge is 0.264 e. The van der Waals surface area contributed by atoms with Gasteiger partial charge in [0.2, 0.25) is 0 Å². The van der Waals surface area contributed by atoms with Crippen LogP contribution in [0.2, 0.25) is 0 Å². The quantitative estimate of drug-likeness (QED) is 0.307. The summed E-state index contributed by atoms with van der Waals surface area (Å²) in [6.45, 7) is 2.00. The highest BCUT2D eigenvalue weighted by Crippen LogP contribution is 2.26. The number of benzene rings is 3. The number of hydrogen-bond donors (Lipinski definition) is 2. The van der Waals surface area contributed by atoms with Gasteiger partial charge in [-0.05, 0) is 60.8 Å². The first-order valence-electron chi connectivity index (χ1n) is 12.4. The molecular weight excluding hydrogens is 488 g/mol. The van der Waals surface area contributed by atoms with E-state index in [2.05, 4.69) is 37.1 Å². The van der Waals surface area contributed by atoms with E-state index in [0.29, 0.717) is 27.9 Å². The van der Waals surface area contributed by atoms with Crippen LogP contribution in [0.15, 0.2) is 96.3 Å². The molecule has 1 unspecified atom stereocenters. The molecule has 0 aliphatic rings. The minimum atomic E-state index is -0.280. The van der Waals surface area contributed by atoms with Crippen molar-refractivity contribution in [2.24, 2.45) is 0 Å². The van der Waals surface area contributed by atoms with Crippen LogP contribution in [0, 0.1) is 11.8 Å². The molecule has 39 heavy (non-hydrogen) atoms. The van der Waals surface area contributed by atoms with Crippen molar-refractivity contribution in [1.82, 2.24) is 24.5 Å². The number of H-pyrrole nitrogens is 1. The molecule has 2 N–H and O–H groups in total. The number of hydrogen-bond acceptors (Lipinski definition) is 6. The highest BCUT2D eigenvalue weighted by atomic mass is 16.5. The third-order valence-corrected chi connectivity index (χ3v) is 6.54. The zero-order valence-corrected chi connectivity index (χ0v) is 21.3. The fraction of sp³-hybridized carbons (Fsp3) is 0.0968. The molecular formula is C31H24N6O2. The highest BCUT2D eigenvalue weighted by molar-refractivity contribution is 5.88. The lowest BCUT2D eigenvalue weighted by Crippen LogP contribution is -2.26. The van der Waals surface area contributed by atoms with Gasteiger partial charge in [-0.25, -0.2) is 15.0 Å². The predicted molar refractivity (Wildman–Crippen MR) is 152 cm³/mol. The fourth-order valence-corrected chi connectivity index (χ4v) is 4.62. The Hall–Kier alpha value is -5.42. The number of aromatic amines is 1. The van der Waals surface area contributed by atoms with Gasteiger partial charge in [-0.3, -0.25) is 9.36 Å². The van der Waals surface area contributed by atoms with Crippen molar-refractivity contribution >= 4 is 27.8 Å². The van der Waals surface area contributed by atoms with E-state index in [0.717, 1.165) is 28.1 Å². The maximum Gasteiger partial charge on any atom is 0.264 e. The number of para-hydroxylation sites is 1. The van der Waals surface area contributed by atoms with E-state index in [-0.39, 0.29) is 11.6 Å². The molecule has 0 saturated heterocycles. The molecule has 3 heterocycles. The molecule has 0 saturated carbocycles. The lowest BCUT2D eigenvalue weighted by atomic mass is 10.0. The van der Waals surface area contributed by atoms with Gasteiger partial charge in [0, 0.05) is 22.5 Å². The van der Waals surface area contributed by atoms with E-state index < -0.39 is 0 Å². The van der Waals surface area contributed by atoms with Gasteiger partial charge in [-0.1, -0.05) is 42.2 Å². The van der Waals surface area contributed by atoms with E-state index in [4.69, 9.17) is 4.74 Å². The number of ether oxygens (including phenoxy) is 1. The van der Waals surface area contributed by atoms with Crippen molar-refractivity contribution in [2.75, 3.05) is 12.4 Å². The lowest BCUT2D eigenvalue weighted by Gasteiger charge is -2.21. The topological polar surface area (TPSA) is 97.7 Å². The van der Waals surface area contributed by atoms with Gasteiger partial charge in [-0.2, -0.15) is 0 Å². The SMILES string of the molecule is COc1ccc(C#Cc2cccc3cc(C(C)Nc4ncnc5nc[nH]c45)n(-c4ccccc4)c(=O)c23)cc1. The van der Waals surface area contributed by atoms with Gasteiger partial charge in [0.25, 0.3) is 5.56 Å². The van der Waals surface area contributed by atoms with Crippen molar-refractivity contribution in [2.45, 2.75) is 13.0 Å². The molecule has 0 bridgehead atoms. The summed E-state index contributed by atoms with van der Waals surface area (Å²) in [5.41, 5.74) is 4.18. The number of nitrogens with zero attached hydrogens (tertiary/aromatic N) is 4. The second-order valence-corrected chi connectivity index (χ2v) is 8.98. The number of rotatable bonds is 5. The Morgan fingerprint density at radius 2 is 1.77 bits per heavy atom. The first-order chi connectivity index (χ1) is 19.1. The van der Waals surface area contributed by atoms with E-state index in [1.165, 1.54) is 6.33 Å². The minimum absolute atomic E-state index is 0.142. The van der Waals surface area contributed by atoms with E-state index >= 15 is 0 Å². The summed E-state index contributed by atoms with van der Waals surface area (Å²) in [4.78, 5) is 30.1. The number of nitrogens with one attached hydrogen (secondary N) is 2. The van der Waals surface area contributed by atoms with E-state index in [1.807, 2.05) is 85.8 Å². The molecule has 0 aliphatic carbocycles. The van der Waals surface area contributed by atoms with Crippen LogP contribution in [-0.2, 0) is 0 Å². The van der Waals surface area contributed by atoms with E-state index in [1.54, 1.807) is 18.0 Å². The van der Waals surface area contributed by atoms with Crippen molar-refractivity contribution in [1.29, 1.82) is 0 Å². The molecule has 0 amide bonds. The van der Waals surface area contributed by atoms with Crippen LogP contribution in [0.5, 0.6) is 5.75 Å². The Morgan fingerprint density at radius 3 is 2.56 bits per heavy atom. The van der Waals surface area contributed by atoms with Crippen molar-refractivity contribution in [3.05, 3.63) is 119 Å². The van der Waals surface area contributed by atoms with Crippen LogP contribution in [-0.4, -0.2) is 31.6 Å². The molecule has 6 rings (SSSR count). The summed E-state index contributed by atoms with van der Waals surface area (Å²) in [5.74, 6) is 7.78. The Bertz CT molecular complexity index is 1920. The van der Waals surface area contributed by atoms with Crippen molar-refractivity contribution in [3.63, 3.8) is 0 Å². The normalized spacial score (nSPS) is 11.6. The largest absolute Gasteiger partial charge is 0.497 e. The van der Waals surface area contributed by atoms with Gasteiger partial charge in [-0.15, -0.1) is 0 Å². The molecule has 8 heteroatoms. The number of fused-ring (bicyclic) bond motifs is 2. The Morgan fingerprint density at radius 1 is 0.949 bits per heavy atom. The fourth-order valence-electron chi connectivity index (χ4n) is 4.62. The molecule has 190 valence electrons. The van der Waals surface area contributed by atoms with Gasteiger partial charge >= 0.3 is 0 Å². The van der Waals surface area contributed by atoms with Crippen LogP contribution < -0.4 is 15.6 Å². The predicted octanol–water partition coefficient (Wildman–Crippen LogP) is 5.24. The van der Waals surface area contributed by atoms with Gasteiger partial charge < -0.3 is 15.0 Å². The molecule has 0 fully saturated rings. The second-order valence-electron chi connectivity index (χ2n) is 8.98. The maximum absolute atomic E-state index is 14.2. The number of pyridine rings is 1. The summed E-state index contributed by atoms with van der Waals surface area (Å²) < 4.78 is 6.98. The zero-order chi connectivity index (χ0) is 26.8. The summed E-state index contributed by atoms with van der Waals surface area (Å²) in [7, 11) is 1.63. The number of imidazole rings is 1. The molecule has 6 aromatic rings. The molecule has 0 aliphatic heterocycles. The first kappa shape index (κ1) is 23.9. The lowest BCUT2D eigenvalue weighted by molar-refractivity contribution is 0.415. The number of anilines is 1. The summed E-state index contributed by atoms with van der Waals surface area (Å²) in [6, 6.07) is 24.6. The van der Waals surface area contributed by atoms with Crippen LogP contribution in [0.25, 0.3) is 27.6 Å². The van der Waals surface area contributed by atoms with Crippen LogP contribution >= 0.6 is 0 Å². The van der Waals surface area contributed by atoms with Crippen LogP contribution in [0.1, 0.15) is 29.8 Å². The highest BCUT2D eigenvalue weighted by Gasteiger charge is 2.19. The zero-order valence-electron chi connectivity index (χ0n) is 21.3. The molecule has 0 spiro atoms. The molecule has 3 aromatic carbocycles. The van der Waals surface area contributed by atoms with Gasteiger partial charge in [0.1, 0.15) is 17.6 Å². The molecule has 0 radical (unpaired) electrons. The average Bonchev–Trinajstić information content (AvgIpc) is 3.47. The van der Waals surface area contributed by atoms with Crippen LogP contribution in [0.3, 0.4) is 0 Å². The molecule has 8 nitrogen and oxygen atoms in total. The first-order valence-corrected chi connectivity index (χ1v) is 12.4. The number of methoxy groups -OCH3 is 1. The van der Waals surface area contributed by atoms with E-state index in [9.17, 15) is 4.79 Å². The van der Waals surface area contributed by atoms with Crippen molar-refractivity contribution < 1.29 is 4.74 Å². The standard InChI is InChI=1S/C31H24N6O2/c1-20(36-30-28-29(33-18-32-28)34-19-35-30)26-17-23-8-6-7-22(14-11-21-12-15-25(39-2)16-13-21)27(23)31(38)37(26)24-9-4-3-5-10-24/h3-10,12-13,15-20H,1-2H3,(H2,32,33,34,35,36). The maximum atomic E-state index is 14.2. The monoisotopic (exact) mass is 512 g/mol. The van der Waals surface area contributed by atoms with Gasteiger partial charge in [0.05, 0.1) is 24.9 Å². The summed E-state index contributed by atoms with van der Waals surface area (Å²) >= 11 is 0. The Labute approximate surface area is 224 Å². The average molecular weight is 513 g/mol. The van der Waals surface area contributed by atoms with Gasteiger partial charge in [0.15, 0.2) is 11.5 Å². The third kappa shape index (κ3) is 4.58. The molecule has 3 aromatic heterocycles. The minimum Gasteiger partial charge on any atom is -0.497 e. The summed E-state index contributed by atoms with van der Waals surface area (Å²) in [6.07, 6.45) is 3.05. The third-order valence-electron chi connectivity index (χ3n) is 6.54. The van der Waals surface area contributed by atoms with Crippen LogP contribution in [0.4, 0.5) is 5.82 Å². The second kappa shape index (κ2) is 10.1. The number of aromatic nitrogens is 5.